The highest BCUT2D eigenvalue weighted by molar-refractivity contribution is 7.13. The monoisotopic (exact) mass is 395 g/mol. The third-order valence-electron chi connectivity index (χ3n) is 3.80. The standard InChI is InChI=1S/C18H25N3O5S/c1-18(2,3)26-17(23)19-10-6-4-5-7-11-20-16(22)14-12-13(21(24)25)8-9-15(14)27-20/h8-9,12H,4-7,10-11H2,1-3H3,(H,19,23). The molecule has 1 aromatic heterocycles. The van der Waals surface area contributed by atoms with E-state index in [1.165, 1.54) is 23.7 Å². The number of non-ortho nitro benzene ring substituents is 1. The summed E-state index contributed by atoms with van der Waals surface area (Å²) in [6, 6.07) is 4.38. The van der Waals surface area contributed by atoms with Gasteiger partial charge >= 0.3 is 6.09 Å². The lowest BCUT2D eigenvalue weighted by molar-refractivity contribution is -0.384. The van der Waals surface area contributed by atoms with Crippen LogP contribution in [-0.4, -0.2) is 27.1 Å². The quantitative estimate of drug-likeness (QED) is 0.412. The number of carbonyl (C=O) groups excluding carboxylic acids is 1. The summed E-state index contributed by atoms with van der Waals surface area (Å²) in [4.78, 5) is 34.2. The number of aryl methyl sites for hydroxylation is 1. The van der Waals surface area contributed by atoms with Gasteiger partial charge in [-0.15, -0.1) is 0 Å². The van der Waals surface area contributed by atoms with E-state index in [1.54, 1.807) is 10.0 Å². The number of nitro groups is 1. The number of alkyl carbamates (subject to hydrolysis) is 1. The van der Waals surface area contributed by atoms with Gasteiger partial charge in [0.2, 0.25) is 0 Å². The summed E-state index contributed by atoms with van der Waals surface area (Å²) in [5, 5.41) is 14.0. The molecule has 0 bridgehead atoms. The molecule has 0 unspecified atom stereocenters. The van der Waals surface area contributed by atoms with Gasteiger partial charge in [0.15, 0.2) is 0 Å². The van der Waals surface area contributed by atoms with E-state index >= 15 is 0 Å². The Morgan fingerprint density at radius 3 is 2.63 bits per heavy atom. The van der Waals surface area contributed by atoms with Crippen LogP contribution in [0.4, 0.5) is 10.5 Å². The minimum Gasteiger partial charge on any atom is -0.444 e. The Morgan fingerprint density at radius 2 is 1.96 bits per heavy atom. The maximum absolute atomic E-state index is 12.3. The van der Waals surface area contributed by atoms with E-state index in [0.717, 1.165) is 30.4 Å². The number of nitro benzene ring substituents is 1. The fourth-order valence-electron chi connectivity index (χ4n) is 2.56. The van der Waals surface area contributed by atoms with E-state index in [-0.39, 0.29) is 11.2 Å². The first-order valence-electron chi connectivity index (χ1n) is 8.92. The number of aromatic nitrogens is 1. The Balaban J connectivity index is 1.73. The number of nitrogens with one attached hydrogen (secondary N) is 1. The Labute approximate surface area is 161 Å². The van der Waals surface area contributed by atoms with Gasteiger partial charge in [0.25, 0.3) is 11.2 Å². The topological polar surface area (TPSA) is 103 Å². The summed E-state index contributed by atoms with van der Waals surface area (Å²) in [6.07, 6.45) is 3.12. The van der Waals surface area contributed by atoms with Crippen LogP contribution in [0.5, 0.6) is 0 Å². The minimum absolute atomic E-state index is 0.0676. The molecule has 1 heterocycles. The van der Waals surface area contributed by atoms with Crippen molar-refractivity contribution in [3.05, 3.63) is 38.7 Å². The first-order chi connectivity index (χ1) is 12.7. The average molecular weight is 395 g/mol. The number of ether oxygens (including phenoxy) is 1. The predicted octanol–water partition coefficient (Wildman–Crippen LogP) is 4.06. The Morgan fingerprint density at radius 1 is 1.26 bits per heavy atom. The molecule has 1 aromatic carbocycles. The molecule has 0 atom stereocenters. The zero-order valence-electron chi connectivity index (χ0n) is 15.8. The summed E-state index contributed by atoms with van der Waals surface area (Å²) >= 11 is 1.33. The maximum Gasteiger partial charge on any atom is 0.407 e. The lowest BCUT2D eigenvalue weighted by atomic mass is 10.2. The molecule has 0 aliphatic heterocycles. The molecule has 0 spiro atoms. The van der Waals surface area contributed by atoms with Crippen molar-refractivity contribution in [1.29, 1.82) is 0 Å². The van der Waals surface area contributed by atoms with Crippen LogP contribution in [0.1, 0.15) is 46.5 Å². The minimum atomic E-state index is -0.498. The van der Waals surface area contributed by atoms with Crippen molar-refractivity contribution in [2.24, 2.45) is 0 Å². The van der Waals surface area contributed by atoms with Crippen LogP contribution in [0.25, 0.3) is 10.1 Å². The second-order valence-electron chi connectivity index (χ2n) is 7.28. The van der Waals surface area contributed by atoms with Gasteiger partial charge in [0.05, 0.1) is 15.0 Å². The summed E-state index contributed by atoms with van der Waals surface area (Å²) in [7, 11) is 0. The number of unbranched alkanes of at least 4 members (excludes halogenated alkanes) is 3. The number of hydrogen-bond donors (Lipinski definition) is 1. The molecular weight excluding hydrogens is 370 g/mol. The van der Waals surface area contributed by atoms with Gasteiger partial charge in [-0.2, -0.15) is 0 Å². The van der Waals surface area contributed by atoms with Crippen LogP contribution < -0.4 is 10.9 Å². The molecule has 27 heavy (non-hydrogen) atoms. The van der Waals surface area contributed by atoms with E-state index in [0.29, 0.717) is 18.5 Å². The zero-order valence-corrected chi connectivity index (χ0v) is 16.6. The number of fused-ring (bicyclic) bond motifs is 1. The molecule has 8 nitrogen and oxygen atoms in total. The van der Waals surface area contributed by atoms with Crippen LogP contribution in [0.15, 0.2) is 23.0 Å². The third kappa shape index (κ3) is 6.35. The number of benzene rings is 1. The molecule has 2 rings (SSSR count). The highest BCUT2D eigenvalue weighted by Crippen LogP contribution is 2.22. The summed E-state index contributed by atoms with van der Waals surface area (Å²) in [5.41, 5.74) is -0.741. The largest absolute Gasteiger partial charge is 0.444 e. The highest BCUT2D eigenvalue weighted by atomic mass is 32.1. The van der Waals surface area contributed by atoms with E-state index in [4.69, 9.17) is 4.74 Å². The van der Waals surface area contributed by atoms with E-state index in [9.17, 15) is 19.7 Å². The van der Waals surface area contributed by atoms with Crippen molar-refractivity contribution in [2.45, 2.75) is 58.6 Å². The summed E-state index contributed by atoms with van der Waals surface area (Å²) < 4.78 is 7.56. The molecule has 148 valence electrons. The van der Waals surface area contributed by atoms with Crippen molar-refractivity contribution in [3.63, 3.8) is 0 Å². The molecule has 0 aliphatic carbocycles. The molecule has 2 aromatic rings. The van der Waals surface area contributed by atoms with Crippen molar-refractivity contribution in [1.82, 2.24) is 9.27 Å². The van der Waals surface area contributed by atoms with Crippen molar-refractivity contribution in [2.75, 3.05) is 6.54 Å². The van der Waals surface area contributed by atoms with Crippen LogP contribution in [0.3, 0.4) is 0 Å². The Bertz CT molecular complexity index is 866. The van der Waals surface area contributed by atoms with Crippen LogP contribution in [-0.2, 0) is 11.3 Å². The van der Waals surface area contributed by atoms with Crippen LogP contribution >= 0.6 is 11.5 Å². The van der Waals surface area contributed by atoms with Crippen LogP contribution in [0.2, 0.25) is 0 Å². The first-order valence-corrected chi connectivity index (χ1v) is 9.70. The Hall–Kier alpha value is -2.42. The predicted molar refractivity (Wildman–Crippen MR) is 105 cm³/mol. The normalized spacial score (nSPS) is 11.5. The molecule has 0 aliphatic rings. The summed E-state index contributed by atoms with van der Waals surface area (Å²) in [5.74, 6) is 0. The smallest absolute Gasteiger partial charge is 0.407 e. The number of hydrogen-bond acceptors (Lipinski definition) is 6. The van der Waals surface area contributed by atoms with Gasteiger partial charge in [-0.1, -0.05) is 24.4 Å². The van der Waals surface area contributed by atoms with E-state index in [1.807, 2.05) is 20.8 Å². The van der Waals surface area contributed by atoms with Crippen molar-refractivity contribution in [3.8, 4) is 0 Å². The fourth-order valence-corrected chi connectivity index (χ4v) is 3.57. The number of nitrogens with zero attached hydrogens (tertiary/aromatic N) is 2. The Kier molecular flexibility index (Phi) is 6.95. The number of amides is 1. The van der Waals surface area contributed by atoms with Crippen molar-refractivity contribution >= 4 is 33.4 Å². The van der Waals surface area contributed by atoms with Gasteiger partial charge in [-0.3, -0.25) is 18.9 Å². The fraction of sp³-hybridized carbons (Fsp3) is 0.556. The van der Waals surface area contributed by atoms with Gasteiger partial charge in [-0.25, -0.2) is 4.79 Å². The first kappa shape index (κ1) is 20.9. The van der Waals surface area contributed by atoms with Gasteiger partial charge in [0.1, 0.15) is 5.60 Å². The lowest BCUT2D eigenvalue weighted by Crippen LogP contribution is -2.32. The molecule has 0 saturated heterocycles. The third-order valence-corrected chi connectivity index (χ3v) is 4.92. The average Bonchev–Trinajstić information content (AvgIpc) is 2.88. The number of rotatable bonds is 8. The van der Waals surface area contributed by atoms with E-state index < -0.39 is 16.6 Å². The molecular formula is C18H25N3O5S. The van der Waals surface area contributed by atoms with Gasteiger partial charge < -0.3 is 10.1 Å². The SMILES string of the molecule is CC(C)(C)OC(=O)NCCCCCCn1sc2ccc([N+](=O)[O-])cc2c1=O. The second kappa shape index (κ2) is 8.98. The maximum atomic E-state index is 12.3. The molecule has 0 saturated carbocycles. The van der Waals surface area contributed by atoms with Crippen LogP contribution in [0, 0.1) is 10.1 Å². The molecule has 0 radical (unpaired) electrons. The van der Waals surface area contributed by atoms with Gasteiger partial charge in [0, 0.05) is 25.2 Å². The van der Waals surface area contributed by atoms with E-state index in [2.05, 4.69) is 5.32 Å². The number of carbonyl (C=O) groups is 1. The zero-order chi connectivity index (χ0) is 20.0. The molecule has 0 fully saturated rings. The van der Waals surface area contributed by atoms with Crippen molar-refractivity contribution < 1.29 is 14.5 Å². The summed E-state index contributed by atoms with van der Waals surface area (Å²) in [6.45, 7) is 6.61. The molecule has 1 amide bonds. The molecule has 1 N–H and O–H groups in total. The second-order valence-corrected chi connectivity index (χ2v) is 8.34. The highest BCUT2D eigenvalue weighted by Gasteiger charge is 2.15. The molecule has 9 heteroatoms. The lowest BCUT2D eigenvalue weighted by Gasteiger charge is -2.19. The van der Waals surface area contributed by atoms with Gasteiger partial charge in [-0.05, 0) is 39.7 Å².